The lowest BCUT2D eigenvalue weighted by molar-refractivity contribution is 0.199. The first-order valence-corrected chi connectivity index (χ1v) is 6.79. The fourth-order valence-corrected chi connectivity index (χ4v) is 2.39. The Morgan fingerprint density at radius 2 is 2.39 bits per heavy atom. The second-order valence-electron chi connectivity index (χ2n) is 4.08. The van der Waals surface area contributed by atoms with Crippen LogP contribution >= 0.6 is 11.3 Å². The number of imidazole rings is 1. The van der Waals surface area contributed by atoms with Crippen LogP contribution in [0.4, 0.5) is 0 Å². The van der Waals surface area contributed by atoms with Gasteiger partial charge in [0, 0.05) is 43.2 Å². The SMILES string of the molecule is COCCNCc1cnc(Cc2nc(C)cs2)[nH]1. The Labute approximate surface area is 111 Å². The van der Waals surface area contributed by atoms with Gasteiger partial charge < -0.3 is 15.0 Å². The highest BCUT2D eigenvalue weighted by molar-refractivity contribution is 7.09. The lowest BCUT2D eigenvalue weighted by atomic mass is 10.4. The highest BCUT2D eigenvalue weighted by Gasteiger charge is 2.04. The first-order chi connectivity index (χ1) is 8.78. The Kier molecular flexibility index (Phi) is 4.86. The van der Waals surface area contributed by atoms with Gasteiger partial charge in [-0.1, -0.05) is 0 Å². The first-order valence-electron chi connectivity index (χ1n) is 5.91. The normalized spacial score (nSPS) is 11.0. The molecule has 0 saturated carbocycles. The van der Waals surface area contributed by atoms with E-state index in [4.69, 9.17) is 4.74 Å². The molecule has 0 amide bonds. The van der Waals surface area contributed by atoms with Crippen LogP contribution in [-0.4, -0.2) is 35.2 Å². The molecular weight excluding hydrogens is 248 g/mol. The van der Waals surface area contributed by atoms with Gasteiger partial charge in [-0.2, -0.15) is 0 Å². The predicted molar refractivity (Wildman–Crippen MR) is 71.8 cm³/mol. The van der Waals surface area contributed by atoms with E-state index in [2.05, 4.69) is 25.6 Å². The van der Waals surface area contributed by atoms with Crippen molar-refractivity contribution in [3.05, 3.63) is 33.8 Å². The monoisotopic (exact) mass is 266 g/mol. The standard InChI is InChI=1S/C12H18N4OS/c1-9-8-18-12(15-9)5-11-14-7-10(16-11)6-13-3-4-17-2/h7-8,13H,3-6H2,1-2H3,(H,14,16). The van der Waals surface area contributed by atoms with Gasteiger partial charge in [-0.3, -0.25) is 0 Å². The van der Waals surface area contributed by atoms with Crippen LogP contribution in [0.3, 0.4) is 0 Å². The summed E-state index contributed by atoms with van der Waals surface area (Å²) in [6.07, 6.45) is 2.65. The van der Waals surface area contributed by atoms with Crippen molar-refractivity contribution in [2.75, 3.05) is 20.3 Å². The average Bonchev–Trinajstić information content (AvgIpc) is 2.95. The van der Waals surface area contributed by atoms with Crippen LogP contribution in [0.1, 0.15) is 22.2 Å². The second kappa shape index (κ2) is 6.63. The molecule has 0 aliphatic heterocycles. The van der Waals surface area contributed by atoms with Crippen molar-refractivity contribution < 1.29 is 4.74 Å². The lowest BCUT2D eigenvalue weighted by Crippen LogP contribution is -2.18. The number of H-pyrrole nitrogens is 1. The Morgan fingerprint density at radius 1 is 1.50 bits per heavy atom. The number of nitrogens with zero attached hydrogens (tertiary/aromatic N) is 2. The van der Waals surface area contributed by atoms with Crippen molar-refractivity contribution in [1.82, 2.24) is 20.3 Å². The van der Waals surface area contributed by atoms with Gasteiger partial charge >= 0.3 is 0 Å². The number of aromatic nitrogens is 3. The van der Waals surface area contributed by atoms with Gasteiger partial charge in [0.15, 0.2) is 0 Å². The molecule has 2 heterocycles. The molecule has 18 heavy (non-hydrogen) atoms. The Balaban J connectivity index is 1.82. The largest absolute Gasteiger partial charge is 0.383 e. The van der Waals surface area contributed by atoms with Crippen molar-refractivity contribution in [3.8, 4) is 0 Å². The van der Waals surface area contributed by atoms with Crippen molar-refractivity contribution in [3.63, 3.8) is 0 Å². The summed E-state index contributed by atoms with van der Waals surface area (Å²) in [6, 6.07) is 0. The second-order valence-corrected chi connectivity index (χ2v) is 5.03. The van der Waals surface area contributed by atoms with Crippen LogP contribution in [0.15, 0.2) is 11.6 Å². The van der Waals surface area contributed by atoms with Crippen LogP contribution in [0, 0.1) is 6.92 Å². The van der Waals surface area contributed by atoms with E-state index < -0.39 is 0 Å². The summed E-state index contributed by atoms with van der Waals surface area (Å²) < 4.78 is 4.97. The topological polar surface area (TPSA) is 62.8 Å². The maximum Gasteiger partial charge on any atom is 0.113 e. The number of hydrogen-bond donors (Lipinski definition) is 2. The molecule has 5 nitrogen and oxygen atoms in total. The summed E-state index contributed by atoms with van der Waals surface area (Å²) in [5.74, 6) is 0.966. The molecule has 2 aromatic heterocycles. The Morgan fingerprint density at radius 3 is 3.11 bits per heavy atom. The minimum absolute atomic E-state index is 0.722. The minimum Gasteiger partial charge on any atom is -0.383 e. The molecule has 0 aliphatic rings. The molecule has 0 bridgehead atoms. The summed E-state index contributed by atoms with van der Waals surface area (Å²) in [7, 11) is 1.70. The van der Waals surface area contributed by atoms with E-state index in [1.54, 1.807) is 18.4 Å². The van der Waals surface area contributed by atoms with Crippen LogP contribution in [0.2, 0.25) is 0 Å². The fourth-order valence-electron chi connectivity index (χ4n) is 1.61. The maximum absolute atomic E-state index is 4.97. The molecular formula is C12H18N4OS. The van der Waals surface area contributed by atoms with Gasteiger partial charge in [-0.05, 0) is 6.92 Å². The van der Waals surface area contributed by atoms with Gasteiger partial charge in [0.25, 0.3) is 0 Å². The first kappa shape index (κ1) is 13.2. The van der Waals surface area contributed by atoms with Gasteiger partial charge in [0.05, 0.1) is 13.0 Å². The van der Waals surface area contributed by atoms with Crippen molar-refractivity contribution >= 4 is 11.3 Å². The molecule has 2 N–H and O–H groups in total. The summed E-state index contributed by atoms with van der Waals surface area (Å²) >= 11 is 1.67. The summed E-state index contributed by atoms with van der Waals surface area (Å²) in [5.41, 5.74) is 2.16. The number of hydrogen-bond acceptors (Lipinski definition) is 5. The molecule has 0 saturated heterocycles. The van der Waals surface area contributed by atoms with Gasteiger partial charge in [0.2, 0.25) is 0 Å². The van der Waals surface area contributed by atoms with Crippen LogP contribution in [0.25, 0.3) is 0 Å². The van der Waals surface area contributed by atoms with Crippen LogP contribution in [-0.2, 0) is 17.7 Å². The highest BCUT2D eigenvalue weighted by atomic mass is 32.1. The zero-order chi connectivity index (χ0) is 12.8. The summed E-state index contributed by atoms with van der Waals surface area (Å²) in [4.78, 5) is 12.1. The zero-order valence-corrected chi connectivity index (χ0v) is 11.5. The van der Waals surface area contributed by atoms with Gasteiger partial charge in [-0.15, -0.1) is 11.3 Å². The number of rotatable bonds is 7. The average molecular weight is 266 g/mol. The molecule has 0 aliphatic carbocycles. The maximum atomic E-state index is 4.97. The van der Waals surface area contributed by atoms with E-state index in [1.807, 2.05) is 13.1 Å². The lowest BCUT2D eigenvalue weighted by Gasteiger charge is -2.01. The molecule has 2 rings (SSSR count). The molecule has 0 atom stereocenters. The van der Waals surface area contributed by atoms with Gasteiger partial charge in [0.1, 0.15) is 10.8 Å². The number of aryl methyl sites for hydroxylation is 1. The Hall–Kier alpha value is -1.24. The summed E-state index contributed by atoms with van der Waals surface area (Å²) in [5, 5.41) is 6.43. The number of nitrogens with one attached hydrogen (secondary N) is 2. The third kappa shape index (κ3) is 3.90. The number of methoxy groups -OCH3 is 1. The van der Waals surface area contributed by atoms with Crippen molar-refractivity contribution in [2.24, 2.45) is 0 Å². The third-order valence-corrected chi connectivity index (χ3v) is 3.43. The molecule has 0 spiro atoms. The molecule has 0 unspecified atom stereocenters. The van der Waals surface area contributed by atoms with Crippen molar-refractivity contribution in [2.45, 2.75) is 19.9 Å². The fraction of sp³-hybridized carbons (Fsp3) is 0.500. The predicted octanol–water partition coefficient (Wildman–Crippen LogP) is 1.50. The quantitative estimate of drug-likeness (QED) is 0.746. The molecule has 0 fully saturated rings. The number of thiazole rings is 1. The minimum atomic E-state index is 0.722. The zero-order valence-electron chi connectivity index (χ0n) is 10.7. The van der Waals surface area contributed by atoms with E-state index in [9.17, 15) is 0 Å². The third-order valence-electron chi connectivity index (χ3n) is 2.46. The van der Waals surface area contributed by atoms with Crippen molar-refractivity contribution in [1.29, 1.82) is 0 Å². The van der Waals surface area contributed by atoms with Crippen LogP contribution in [0.5, 0.6) is 0 Å². The summed E-state index contributed by atoms with van der Waals surface area (Å²) in [6.45, 7) is 4.36. The van der Waals surface area contributed by atoms with E-state index in [1.165, 1.54) is 0 Å². The van der Waals surface area contributed by atoms with E-state index in [-0.39, 0.29) is 0 Å². The number of aromatic amines is 1. The Bertz CT molecular complexity index is 480. The highest BCUT2D eigenvalue weighted by Crippen LogP contribution is 2.12. The molecule has 6 heteroatoms. The van der Waals surface area contributed by atoms with Gasteiger partial charge in [-0.25, -0.2) is 9.97 Å². The molecule has 2 aromatic rings. The molecule has 0 aromatic carbocycles. The van der Waals surface area contributed by atoms with E-state index in [0.29, 0.717) is 0 Å². The molecule has 0 radical (unpaired) electrons. The van der Waals surface area contributed by atoms with Crippen LogP contribution < -0.4 is 5.32 Å². The number of ether oxygens (including phenoxy) is 1. The van der Waals surface area contributed by atoms with E-state index in [0.717, 1.165) is 48.3 Å². The smallest absolute Gasteiger partial charge is 0.113 e. The molecule has 98 valence electrons. The van der Waals surface area contributed by atoms with E-state index >= 15 is 0 Å².